The fourth-order valence-electron chi connectivity index (χ4n) is 3.11. The Morgan fingerprint density at radius 2 is 2.09 bits per heavy atom. The number of amides is 1. The lowest BCUT2D eigenvalue weighted by Gasteiger charge is -2.33. The molecule has 3 rings (SSSR count). The van der Waals surface area contributed by atoms with Gasteiger partial charge in [-0.2, -0.15) is 0 Å². The van der Waals surface area contributed by atoms with Gasteiger partial charge in [0.2, 0.25) is 0 Å². The zero-order valence-corrected chi connectivity index (χ0v) is 14.8. The smallest absolute Gasteiger partial charge is 0.252 e. The van der Waals surface area contributed by atoms with Crippen molar-refractivity contribution in [2.75, 3.05) is 6.61 Å². The van der Waals surface area contributed by atoms with Crippen LogP contribution in [-0.2, 0) is 6.42 Å². The van der Waals surface area contributed by atoms with Crippen molar-refractivity contribution >= 4 is 33.4 Å². The number of aliphatic hydroxyl groups is 1. The summed E-state index contributed by atoms with van der Waals surface area (Å²) in [5.74, 6) is -0.175. The average Bonchev–Trinajstić information content (AvgIpc) is 2.57. The van der Waals surface area contributed by atoms with Crippen molar-refractivity contribution in [3.05, 3.63) is 68.7 Å². The third kappa shape index (κ3) is 3.44. The lowest BCUT2D eigenvalue weighted by molar-refractivity contribution is 0.0892. The summed E-state index contributed by atoms with van der Waals surface area (Å²) in [5, 5.41) is 13.3. The molecule has 0 bridgehead atoms. The second-order valence-electron chi connectivity index (χ2n) is 5.76. The molecule has 0 unspecified atom stereocenters. The summed E-state index contributed by atoms with van der Waals surface area (Å²) in [7, 11) is 0. The fraction of sp³-hybridized carbons (Fsp3) is 0.278. The first-order chi connectivity index (χ1) is 11.1. The lowest BCUT2D eigenvalue weighted by atomic mass is 9.80. The van der Waals surface area contributed by atoms with Gasteiger partial charge >= 0.3 is 0 Å². The molecule has 0 spiro atoms. The molecule has 0 aromatic heterocycles. The molecule has 2 aromatic rings. The van der Waals surface area contributed by atoms with Gasteiger partial charge in [-0.05, 0) is 58.1 Å². The van der Waals surface area contributed by atoms with Crippen LogP contribution in [0.15, 0.2) is 46.9 Å². The molecular weight excluding hydrogens is 378 g/mol. The maximum Gasteiger partial charge on any atom is 0.252 e. The number of fused-ring (bicyclic) bond motifs is 1. The summed E-state index contributed by atoms with van der Waals surface area (Å²) < 4.78 is 0.698. The number of hydrogen-bond donors (Lipinski definition) is 2. The number of carbonyl (C=O) groups excluding carboxylic acids is 1. The summed E-state index contributed by atoms with van der Waals surface area (Å²) in [4.78, 5) is 12.7. The van der Waals surface area contributed by atoms with Crippen molar-refractivity contribution in [3.8, 4) is 0 Å². The van der Waals surface area contributed by atoms with Crippen LogP contribution in [0.4, 0.5) is 0 Å². The van der Waals surface area contributed by atoms with Crippen LogP contribution in [0.25, 0.3) is 0 Å². The third-order valence-electron chi connectivity index (χ3n) is 4.34. The topological polar surface area (TPSA) is 49.3 Å². The van der Waals surface area contributed by atoms with Gasteiger partial charge in [0.05, 0.1) is 11.6 Å². The monoisotopic (exact) mass is 393 g/mol. The number of hydrogen-bond acceptors (Lipinski definition) is 2. The van der Waals surface area contributed by atoms with Gasteiger partial charge in [-0.3, -0.25) is 4.79 Å². The van der Waals surface area contributed by atoms with Crippen LogP contribution in [0.2, 0.25) is 5.02 Å². The van der Waals surface area contributed by atoms with Crippen LogP contribution in [0.3, 0.4) is 0 Å². The third-order valence-corrected chi connectivity index (χ3v) is 5.27. The highest BCUT2D eigenvalue weighted by Gasteiger charge is 2.30. The number of carbonyl (C=O) groups is 1. The predicted octanol–water partition coefficient (Wildman–Crippen LogP) is 4.13. The first-order valence-corrected chi connectivity index (χ1v) is 8.72. The highest BCUT2D eigenvalue weighted by Crippen LogP contribution is 2.34. The van der Waals surface area contributed by atoms with Gasteiger partial charge in [0.25, 0.3) is 5.91 Å². The minimum atomic E-state index is -0.195. The molecule has 120 valence electrons. The van der Waals surface area contributed by atoms with Gasteiger partial charge in [-0.15, -0.1) is 0 Å². The van der Waals surface area contributed by atoms with Crippen molar-refractivity contribution < 1.29 is 9.90 Å². The molecule has 0 saturated heterocycles. The molecule has 1 amide bonds. The molecule has 2 atom stereocenters. The van der Waals surface area contributed by atoms with Gasteiger partial charge in [-0.1, -0.05) is 35.9 Å². The van der Waals surface area contributed by atoms with Gasteiger partial charge in [0.1, 0.15) is 0 Å². The van der Waals surface area contributed by atoms with Gasteiger partial charge < -0.3 is 10.4 Å². The number of rotatable bonds is 3. The zero-order chi connectivity index (χ0) is 16.4. The maximum absolute atomic E-state index is 12.7. The molecule has 0 radical (unpaired) electrons. The quantitative estimate of drug-likeness (QED) is 0.822. The Balaban J connectivity index is 1.91. The molecular formula is C18H17BrClNO2. The number of benzene rings is 2. The summed E-state index contributed by atoms with van der Waals surface area (Å²) in [6.45, 7) is 0.0516. The van der Waals surface area contributed by atoms with Crippen molar-refractivity contribution in [2.45, 2.75) is 18.9 Å². The molecule has 0 heterocycles. The van der Waals surface area contributed by atoms with E-state index >= 15 is 0 Å². The normalized spacial score (nSPS) is 20.0. The summed E-state index contributed by atoms with van der Waals surface area (Å²) >= 11 is 9.39. The molecule has 23 heavy (non-hydrogen) atoms. The first kappa shape index (κ1) is 16.5. The van der Waals surface area contributed by atoms with E-state index in [2.05, 4.69) is 27.3 Å². The Hall–Kier alpha value is -1.36. The van der Waals surface area contributed by atoms with E-state index in [1.54, 1.807) is 18.2 Å². The molecule has 5 heteroatoms. The average molecular weight is 395 g/mol. The summed E-state index contributed by atoms with van der Waals surface area (Å²) in [5.41, 5.74) is 2.81. The highest BCUT2D eigenvalue weighted by molar-refractivity contribution is 9.10. The Morgan fingerprint density at radius 3 is 2.87 bits per heavy atom. The SMILES string of the molecule is O=C(N[C@@H]1c2ccccc2CC[C@@H]1CO)c1cc(Cl)ccc1Br. The molecule has 2 aromatic carbocycles. The first-order valence-electron chi connectivity index (χ1n) is 7.54. The number of aliphatic hydroxyl groups excluding tert-OH is 1. The maximum atomic E-state index is 12.7. The molecule has 1 aliphatic rings. The van der Waals surface area contributed by atoms with E-state index < -0.39 is 0 Å². The minimum absolute atomic E-state index is 0.0202. The zero-order valence-electron chi connectivity index (χ0n) is 12.4. The Labute approximate surface area is 148 Å². The summed E-state index contributed by atoms with van der Waals surface area (Å²) in [6.07, 6.45) is 1.78. The molecule has 1 aliphatic carbocycles. The van der Waals surface area contributed by atoms with Crippen molar-refractivity contribution in [1.29, 1.82) is 0 Å². The second kappa shape index (κ2) is 7.04. The van der Waals surface area contributed by atoms with E-state index in [1.807, 2.05) is 18.2 Å². The van der Waals surface area contributed by atoms with E-state index in [-0.39, 0.29) is 24.5 Å². The summed E-state index contributed by atoms with van der Waals surface area (Å²) in [6, 6.07) is 13.0. The lowest BCUT2D eigenvalue weighted by Crippen LogP contribution is -2.38. The van der Waals surface area contributed by atoms with E-state index in [9.17, 15) is 9.90 Å². The molecule has 2 N–H and O–H groups in total. The molecule has 0 saturated carbocycles. The Bertz CT molecular complexity index is 735. The number of nitrogens with one attached hydrogen (secondary N) is 1. The molecule has 0 aliphatic heterocycles. The van der Waals surface area contributed by atoms with Crippen LogP contribution in [0.5, 0.6) is 0 Å². The molecule has 0 fully saturated rings. The van der Waals surface area contributed by atoms with Gasteiger partial charge in [-0.25, -0.2) is 0 Å². The number of aryl methyl sites for hydroxylation is 1. The van der Waals surface area contributed by atoms with Crippen LogP contribution < -0.4 is 5.32 Å². The van der Waals surface area contributed by atoms with E-state index in [0.29, 0.717) is 15.1 Å². The largest absolute Gasteiger partial charge is 0.396 e. The van der Waals surface area contributed by atoms with Crippen LogP contribution >= 0.6 is 27.5 Å². The van der Waals surface area contributed by atoms with Crippen molar-refractivity contribution in [2.24, 2.45) is 5.92 Å². The van der Waals surface area contributed by atoms with Crippen molar-refractivity contribution in [1.82, 2.24) is 5.32 Å². The van der Waals surface area contributed by atoms with E-state index in [1.165, 1.54) is 5.56 Å². The number of halogens is 2. The molecule has 3 nitrogen and oxygen atoms in total. The van der Waals surface area contributed by atoms with Gasteiger partial charge in [0.15, 0.2) is 0 Å². The Morgan fingerprint density at radius 1 is 1.30 bits per heavy atom. The second-order valence-corrected chi connectivity index (χ2v) is 7.05. The standard InChI is InChI=1S/C18H17BrClNO2/c19-16-8-7-13(20)9-15(16)18(23)21-17-12(10-22)6-5-11-3-1-2-4-14(11)17/h1-4,7-9,12,17,22H,5-6,10H2,(H,21,23)/t12-,17+/m1/s1. The minimum Gasteiger partial charge on any atom is -0.396 e. The fourth-order valence-corrected chi connectivity index (χ4v) is 3.71. The van der Waals surface area contributed by atoms with Crippen LogP contribution in [-0.4, -0.2) is 17.6 Å². The van der Waals surface area contributed by atoms with E-state index in [0.717, 1.165) is 18.4 Å². The Kier molecular flexibility index (Phi) is 5.05. The van der Waals surface area contributed by atoms with Crippen LogP contribution in [0.1, 0.15) is 33.9 Å². The van der Waals surface area contributed by atoms with Gasteiger partial charge in [0, 0.05) is 22.0 Å². The van der Waals surface area contributed by atoms with Crippen LogP contribution in [0, 0.1) is 5.92 Å². The highest BCUT2D eigenvalue weighted by atomic mass is 79.9. The van der Waals surface area contributed by atoms with E-state index in [4.69, 9.17) is 11.6 Å². The van der Waals surface area contributed by atoms with Crippen molar-refractivity contribution in [3.63, 3.8) is 0 Å². The predicted molar refractivity (Wildman–Crippen MR) is 94.7 cm³/mol.